The molecule has 0 aromatic heterocycles. The summed E-state index contributed by atoms with van der Waals surface area (Å²) in [6.07, 6.45) is 0.975. The predicted molar refractivity (Wildman–Crippen MR) is 73.0 cm³/mol. The number of hydrogen-bond acceptors (Lipinski definition) is 5. The standard InChI is InChI=1S/C9H13ClN2O4S2/c1-17(13,14)4-5-18(15,16)12-7-2-3-9(11)8(10)6-7/h2-3,6,12H,4-5,11H2,1H3. The van der Waals surface area contributed by atoms with Crippen LogP contribution in [0.25, 0.3) is 0 Å². The van der Waals surface area contributed by atoms with Crippen LogP contribution in [0.3, 0.4) is 0 Å². The van der Waals surface area contributed by atoms with Gasteiger partial charge >= 0.3 is 0 Å². The Balaban J connectivity index is 2.80. The molecule has 0 aliphatic rings. The smallest absolute Gasteiger partial charge is 0.233 e. The molecular formula is C9H13ClN2O4S2. The average molecular weight is 313 g/mol. The normalized spacial score (nSPS) is 12.3. The van der Waals surface area contributed by atoms with E-state index in [0.29, 0.717) is 5.69 Å². The fourth-order valence-electron chi connectivity index (χ4n) is 1.08. The lowest BCUT2D eigenvalue weighted by Crippen LogP contribution is -2.22. The van der Waals surface area contributed by atoms with Gasteiger partial charge < -0.3 is 5.73 Å². The third-order valence-corrected chi connectivity index (χ3v) is 4.82. The van der Waals surface area contributed by atoms with Crippen molar-refractivity contribution < 1.29 is 16.8 Å². The minimum Gasteiger partial charge on any atom is -0.398 e. The third-order valence-electron chi connectivity index (χ3n) is 2.00. The summed E-state index contributed by atoms with van der Waals surface area (Å²) >= 11 is 5.74. The van der Waals surface area contributed by atoms with E-state index < -0.39 is 31.4 Å². The molecule has 18 heavy (non-hydrogen) atoms. The van der Waals surface area contributed by atoms with E-state index in [1.165, 1.54) is 18.2 Å². The number of anilines is 2. The van der Waals surface area contributed by atoms with Gasteiger partial charge in [0, 0.05) is 6.26 Å². The topological polar surface area (TPSA) is 106 Å². The molecule has 0 spiro atoms. The summed E-state index contributed by atoms with van der Waals surface area (Å²) in [6, 6.07) is 4.25. The van der Waals surface area contributed by atoms with Gasteiger partial charge in [-0.2, -0.15) is 0 Å². The number of nitrogen functional groups attached to an aromatic ring is 1. The molecule has 9 heteroatoms. The second-order valence-electron chi connectivity index (χ2n) is 3.79. The van der Waals surface area contributed by atoms with E-state index in [1.54, 1.807) is 0 Å². The molecular weight excluding hydrogens is 300 g/mol. The Bertz CT molecular complexity index is 641. The highest BCUT2D eigenvalue weighted by atomic mass is 35.5. The molecule has 0 radical (unpaired) electrons. The summed E-state index contributed by atoms with van der Waals surface area (Å²) in [4.78, 5) is 0. The van der Waals surface area contributed by atoms with E-state index >= 15 is 0 Å². The molecule has 0 saturated carbocycles. The van der Waals surface area contributed by atoms with Crippen LogP contribution < -0.4 is 10.5 Å². The number of rotatable bonds is 5. The molecule has 0 fully saturated rings. The Kier molecular flexibility index (Phi) is 4.46. The minimum atomic E-state index is -3.73. The first kappa shape index (κ1) is 15.1. The molecule has 102 valence electrons. The lowest BCUT2D eigenvalue weighted by Gasteiger charge is -2.08. The van der Waals surface area contributed by atoms with Crippen molar-refractivity contribution in [1.82, 2.24) is 0 Å². The maximum absolute atomic E-state index is 11.6. The van der Waals surface area contributed by atoms with Crippen molar-refractivity contribution in [2.24, 2.45) is 0 Å². The van der Waals surface area contributed by atoms with Crippen LogP contribution in [0, 0.1) is 0 Å². The maximum Gasteiger partial charge on any atom is 0.233 e. The molecule has 0 atom stereocenters. The molecule has 0 amide bonds. The fraction of sp³-hybridized carbons (Fsp3) is 0.333. The highest BCUT2D eigenvalue weighted by molar-refractivity contribution is 7.95. The Morgan fingerprint density at radius 2 is 1.83 bits per heavy atom. The molecule has 0 aliphatic carbocycles. The molecule has 0 saturated heterocycles. The Labute approximate surface area is 111 Å². The molecule has 0 heterocycles. The number of hydrogen-bond donors (Lipinski definition) is 2. The third kappa shape index (κ3) is 5.11. The molecule has 3 N–H and O–H groups in total. The molecule has 1 aromatic rings. The van der Waals surface area contributed by atoms with E-state index in [1.807, 2.05) is 0 Å². The number of nitrogens with two attached hydrogens (primary N) is 1. The first-order chi connectivity index (χ1) is 8.09. The molecule has 1 aromatic carbocycles. The van der Waals surface area contributed by atoms with E-state index in [4.69, 9.17) is 17.3 Å². The minimum absolute atomic E-state index is 0.221. The SMILES string of the molecule is CS(=O)(=O)CCS(=O)(=O)Nc1ccc(N)c(Cl)c1. The molecule has 0 bridgehead atoms. The van der Waals surface area contributed by atoms with Crippen LogP contribution in [0.1, 0.15) is 0 Å². The highest BCUT2D eigenvalue weighted by Gasteiger charge is 2.14. The van der Waals surface area contributed by atoms with Crippen molar-refractivity contribution in [1.29, 1.82) is 0 Å². The van der Waals surface area contributed by atoms with E-state index in [0.717, 1.165) is 6.26 Å². The van der Waals surface area contributed by atoms with Crippen LogP contribution in [0.4, 0.5) is 11.4 Å². The van der Waals surface area contributed by atoms with Gasteiger partial charge in [0.15, 0.2) is 0 Å². The fourth-order valence-corrected chi connectivity index (χ4v) is 3.94. The van der Waals surface area contributed by atoms with Gasteiger partial charge in [0.2, 0.25) is 10.0 Å². The zero-order valence-electron chi connectivity index (χ0n) is 9.55. The van der Waals surface area contributed by atoms with Crippen LogP contribution in [0.5, 0.6) is 0 Å². The van der Waals surface area contributed by atoms with E-state index in [-0.39, 0.29) is 10.7 Å². The lowest BCUT2D eigenvalue weighted by molar-refractivity contribution is 0.593. The van der Waals surface area contributed by atoms with Crippen molar-refractivity contribution in [3.63, 3.8) is 0 Å². The van der Waals surface area contributed by atoms with Crippen LogP contribution in [-0.2, 0) is 19.9 Å². The lowest BCUT2D eigenvalue weighted by atomic mass is 10.3. The number of nitrogens with one attached hydrogen (secondary N) is 1. The van der Waals surface area contributed by atoms with Crippen molar-refractivity contribution in [3.8, 4) is 0 Å². The summed E-state index contributed by atoms with van der Waals surface area (Å²) in [7, 11) is -7.06. The largest absolute Gasteiger partial charge is 0.398 e. The predicted octanol–water partition coefficient (Wildman–Crippen LogP) is 0.708. The monoisotopic (exact) mass is 312 g/mol. The molecule has 0 unspecified atom stereocenters. The van der Waals surface area contributed by atoms with Gasteiger partial charge in [-0.1, -0.05) is 11.6 Å². The Morgan fingerprint density at radius 1 is 1.22 bits per heavy atom. The number of sulfonamides is 1. The van der Waals surface area contributed by atoms with Gasteiger partial charge in [-0.25, -0.2) is 16.8 Å². The number of sulfone groups is 1. The first-order valence-electron chi connectivity index (χ1n) is 4.82. The van der Waals surface area contributed by atoms with Gasteiger partial charge in [-0.3, -0.25) is 4.72 Å². The van der Waals surface area contributed by atoms with E-state index in [2.05, 4.69) is 4.72 Å². The van der Waals surface area contributed by atoms with Gasteiger partial charge in [0.25, 0.3) is 0 Å². The quantitative estimate of drug-likeness (QED) is 0.779. The van der Waals surface area contributed by atoms with Gasteiger partial charge in [-0.15, -0.1) is 0 Å². The van der Waals surface area contributed by atoms with Crippen molar-refractivity contribution in [2.75, 3.05) is 28.2 Å². The number of halogens is 1. The van der Waals surface area contributed by atoms with Crippen molar-refractivity contribution in [3.05, 3.63) is 23.2 Å². The zero-order chi connectivity index (χ0) is 14.0. The summed E-state index contributed by atoms with van der Waals surface area (Å²) in [6.45, 7) is 0. The van der Waals surface area contributed by atoms with Crippen LogP contribution in [-0.4, -0.2) is 34.6 Å². The molecule has 1 rings (SSSR count). The summed E-state index contributed by atoms with van der Waals surface area (Å²) in [5.41, 5.74) is 6.05. The molecule has 0 aliphatic heterocycles. The van der Waals surface area contributed by atoms with Gasteiger partial charge in [0.05, 0.1) is 27.9 Å². The van der Waals surface area contributed by atoms with E-state index in [9.17, 15) is 16.8 Å². The van der Waals surface area contributed by atoms with Gasteiger partial charge in [-0.05, 0) is 18.2 Å². The maximum atomic E-state index is 11.6. The Morgan fingerprint density at radius 3 is 2.33 bits per heavy atom. The van der Waals surface area contributed by atoms with Crippen molar-refractivity contribution in [2.45, 2.75) is 0 Å². The Hall–Kier alpha value is -0.990. The second-order valence-corrected chi connectivity index (χ2v) is 8.30. The summed E-state index contributed by atoms with van der Waals surface area (Å²) in [5, 5.41) is 0.221. The summed E-state index contributed by atoms with van der Waals surface area (Å²) in [5.74, 6) is -0.946. The van der Waals surface area contributed by atoms with Crippen LogP contribution >= 0.6 is 11.6 Å². The summed E-state index contributed by atoms with van der Waals surface area (Å²) < 4.78 is 47.2. The van der Waals surface area contributed by atoms with Crippen molar-refractivity contribution >= 4 is 42.8 Å². The van der Waals surface area contributed by atoms with Crippen LogP contribution in [0.2, 0.25) is 5.02 Å². The molecule has 6 nitrogen and oxygen atoms in total. The highest BCUT2D eigenvalue weighted by Crippen LogP contribution is 2.23. The zero-order valence-corrected chi connectivity index (χ0v) is 11.9. The van der Waals surface area contributed by atoms with Crippen LogP contribution in [0.15, 0.2) is 18.2 Å². The first-order valence-corrected chi connectivity index (χ1v) is 8.91. The van der Waals surface area contributed by atoms with Gasteiger partial charge in [0.1, 0.15) is 9.84 Å². The number of benzene rings is 1. The average Bonchev–Trinajstić information content (AvgIpc) is 2.20. The second kappa shape index (κ2) is 5.33.